The summed E-state index contributed by atoms with van der Waals surface area (Å²) < 4.78 is 85.2. The monoisotopic (exact) mass is 564 g/mol. The lowest BCUT2D eigenvalue weighted by Gasteiger charge is -2.39. The third kappa shape index (κ3) is 7.33. The van der Waals surface area contributed by atoms with Crippen molar-refractivity contribution in [3.63, 3.8) is 0 Å². The van der Waals surface area contributed by atoms with E-state index >= 15 is 0 Å². The molecule has 0 saturated carbocycles. The van der Waals surface area contributed by atoms with Crippen molar-refractivity contribution < 1.29 is 40.7 Å². The van der Waals surface area contributed by atoms with Crippen molar-refractivity contribution in [2.75, 3.05) is 13.1 Å². The number of aryl methyl sites for hydroxylation is 1. The first-order valence-corrected chi connectivity index (χ1v) is 12.1. The molecule has 2 amide bonds. The predicted octanol–water partition coefficient (Wildman–Crippen LogP) is 7.21. The summed E-state index contributed by atoms with van der Waals surface area (Å²) in [6.45, 7) is 7.13. The highest BCUT2D eigenvalue weighted by Gasteiger charge is 2.39. The smallest absolute Gasteiger partial charge is 0.416 e. The SMILES string of the molecule is Cc1ccc(C2CN(C(=O)OC(C)(C)C)CC[C@H]2NC(=O)c2cc(C(F)(F)F)cc(C(F)(F)F)c2)cc1Cl. The lowest BCUT2D eigenvalue weighted by molar-refractivity contribution is -0.143. The van der Waals surface area contributed by atoms with Crippen LogP contribution < -0.4 is 5.32 Å². The molecule has 0 aromatic heterocycles. The minimum absolute atomic E-state index is 0.0345. The van der Waals surface area contributed by atoms with Crippen LogP contribution in [0.3, 0.4) is 0 Å². The number of halogens is 7. The fourth-order valence-corrected chi connectivity index (χ4v) is 4.32. The standard InChI is InChI=1S/C26H27ClF6N2O3/c1-14-5-6-15(11-20(14)27)19-13-35(23(37)38-24(2,3)4)8-7-21(19)34-22(36)16-9-17(25(28,29)30)12-18(10-16)26(31,32)33/h5-6,9-12,19,21H,7-8,13H2,1-4H3,(H,34,36)/t19?,21-/m1/s1. The van der Waals surface area contributed by atoms with Crippen LogP contribution >= 0.6 is 11.6 Å². The van der Waals surface area contributed by atoms with Gasteiger partial charge in [0.2, 0.25) is 0 Å². The summed E-state index contributed by atoms with van der Waals surface area (Å²) in [4.78, 5) is 27.1. The number of amides is 2. The molecule has 12 heteroatoms. The van der Waals surface area contributed by atoms with Crippen LogP contribution in [0.4, 0.5) is 31.1 Å². The summed E-state index contributed by atoms with van der Waals surface area (Å²) in [6.07, 6.45) is -10.6. The van der Waals surface area contributed by atoms with E-state index in [1.807, 2.05) is 0 Å². The maximum absolute atomic E-state index is 13.3. The maximum Gasteiger partial charge on any atom is 0.416 e. The lowest BCUT2D eigenvalue weighted by atomic mass is 9.85. The summed E-state index contributed by atoms with van der Waals surface area (Å²) in [7, 11) is 0. The van der Waals surface area contributed by atoms with Crippen molar-refractivity contribution in [1.82, 2.24) is 10.2 Å². The Morgan fingerprint density at radius 3 is 2.05 bits per heavy atom. The van der Waals surface area contributed by atoms with Crippen LogP contribution in [0.1, 0.15) is 65.7 Å². The number of likely N-dealkylation sites (tertiary alicyclic amines) is 1. The van der Waals surface area contributed by atoms with E-state index in [1.54, 1.807) is 45.9 Å². The fraction of sp³-hybridized carbons (Fsp3) is 0.462. The predicted molar refractivity (Wildman–Crippen MR) is 129 cm³/mol. The fourth-order valence-electron chi connectivity index (χ4n) is 4.13. The normalized spacial score (nSPS) is 18.8. The number of rotatable bonds is 3. The first-order chi connectivity index (χ1) is 17.3. The zero-order chi connectivity index (χ0) is 28.6. The highest BCUT2D eigenvalue weighted by atomic mass is 35.5. The summed E-state index contributed by atoms with van der Waals surface area (Å²) >= 11 is 6.28. The molecule has 0 radical (unpaired) electrons. The molecule has 1 aliphatic rings. The lowest BCUT2D eigenvalue weighted by Crippen LogP contribution is -2.52. The molecule has 1 aliphatic heterocycles. The Hall–Kier alpha value is -2.95. The van der Waals surface area contributed by atoms with Crippen LogP contribution in [0.2, 0.25) is 5.02 Å². The number of carbonyl (C=O) groups excluding carboxylic acids is 2. The first kappa shape index (κ1) is 29.6. The average Bonchev–Trinajstić information content (AvgIpc) is 2.78. The summed E-state index contributed by atoms with van der Waals surface area (Å²) in [6, 6.07) is 5.17. The van der Waals surface area contributed by atoms with E-state index in [-0.39, 0.29) is 25.6 Å². The first-order valence-electron chi connectivity index (χ1n) is 11.7. The molecule has 2 aromatic rings. The Morgan fingerprint density at radius 1 is 0.974 bits per heavy atom. The molecular weight excluding hydrogens is 538 g/mol. The summed E-state index contributed by atoms with van der Waals surface area (Å²) in [5, 5.41) is 3.01. The van der Waals surface area contributed by atoms with Crippen molar-refractivity contribution in [2.45, 2.75) is 64.0 Å². The van der Waals surface area contributed by atoms with Crippen molar-refractivity contribution >= 4 is 23.6 Å². The number of nitrogens with one attached hydrogen (secondary N) is 1. The number of alkyl halides is 6. The van der Waals surface area contributed by atoms with E-state index in [2.05, 4.69) is 5.32 Å². The number of hydrogen-bond donors (Lipinski definition) is 1. The number of piperidine rings is 1. The van der Waals surface area contributed by atoms with Crippen LogP contribution in [0, 0.1) is 6.92 Å². The molecule has 208 valence electrons. The van der Waals surface area contributed by atoms with E-state index in [0.29, 0.717) is 22.7 Å². The van der Waals surface area contributed by atoms with Crippen molar-refractivity contribution in [2.24, 2.45) is 0 Å². The van der Waals surface area contributed by atoms with Gasteiger partial charge in [0.25, 0.3) is 5.91 Å². The van der Waals surface area contributed by atoms with Crippen LogP contribution in [0.5, 0.6) is 0 Å². The maximum atomic E-state index is 13.3. The van der Waals surface area contributed by atoms with E-state index < -0.39 is 58.6 Å². The molecule has 0 aliphatic carbocycles. The van der Waals surface area contributed by atoms with Gasteiger partial charge in [-0.3, -0.25) is 4.79 Å². The van der Waals surface area contributed by atoms with Gasteiger partial charge in [-0.05, 0) is 69.5 Å². The van der Waals surface area contributed by atoms with E-state index in [0.717, 1.165) is 5.56 Å². The zero-order valence-electron chi connectivity index (χ0n) is 21.1. The van der Waals surface area contributed by atoms with Gasteiger partial charge in [0, 0.05) is 35.6 Å². The van der Waals surface area contributed by atoms with E-state index in [4.69, 9.17) is 16.3 Å². The van der Waals surface area contributed by atoms with Gasteiger partial charge < -0.3 is 15.0 Å². The third-order valence-corrected chi connectivity index (χ3v) is 6.46. The number of benzene rings is 2. The van der Waals surface area contributed by atoms with Gasteiger partial charge in [0.15, 0.2) is 0 Å². The quantitative estimate of drug-likeness (QED) is 0.401. The molecule has 2 aromatic carbocycles. The molecule has 1 saturated heterocycles. The van der Waals surface area contributed by atoms with Crippen LogP contribution in [-0.4, -0.2) is 41.6 Å². The highest BCUT2D eigenvalue weighted by Crippen LogP contribution is 2.37. The van der Waals surface area contributed by atoms with Gasteiger partial charge >= 0.3 is 18.4 Å². The Morgan fingerprint density at radius 2 is 1.55 bits per heavy atom. The summed E-state index contributed by atoms with van der Waals surface area (Å²) in [5.74, 6) is -1.66. The Balaban J connectivity index is 1.94. The molecule has 1 heterocycles. The second-order valence-corrected chi connectivity index (χ2v) is 10.6. The van der Waals surface area contributed by atoms with Gasteiger partial charge in [-0.15, -0.1) is 0 Å². The highest BCUT2D eigenvalue weighted by molar-refractivity contribution is 6.31. The molecule has 2 atom stereocenters. The van der Waals surface area contributed by atoms with Gasteiger partial charge in [-0.25, -0.2) is 4.79 Å². The number of nitrogens with zero attached hydrogens (tertiary/aromatic N) is 1. The largest absolute Gasteiger partial charge is 0.444 e. The molecule has 3 rings (SSSR count). The molecular formula is C26H27ClF6N2O3. The average molecular weight is 565 g/mol. The van der Waals surface area contributed by atoms with E-state index in [1.165, 1.54) is 4.90 Å². The van der Waals surface area contributed by atoms with Crippen molar-refractivity contribution in [3.05, 3.63) is 69.2 Å². The van der Waals surface area contributed by atoms with Gasteiger partial charge in [-0.2, -0.15) is 26.3 Å². The minimum atomic E-state index is -5.09. The topological polar surface area (TPSA) is 58.6 Å². The van der Waals surface area contributed by atoms with Gasteiger partial charge in [0.05, 0.1) is 11.1 Å². The Bertz CT molecular complexity index is 1170. The van der Waals surface area contributed by atoms with Crippen molar-refractivity contribution in [1.29, 1.82) is 0 Å². The molecule has 1 fully saturated rings. The molecule has 1 N–H and O–H groups in total. The van der Waals surface area contributed by atoms with Crippen LogP contribution in [-0.2, 0) is 17.1 Å². The molecule has 5 nitrogen and oxygen atoms in total. The molecule has 1 unspecified atom stereocenters. The van der Waals surface area contributed by atoms with Gasteiger partial charge in [-0.1, -0.05) is 23.7 Å². The minimum Gasteiger partial charge on any atom is -0.444 e. The Kier molecular flexibility index (Phi) is 8.31. The molecule has 38 heavy (non-hydrogen) atoms. The van der Waals surface area contributed by atoms with E-state index in [9.17, 15) is 35.9 Å². The van der Waals surface area contributed by atoms with Crippen LogP contribution in [0.25, 0.3) is 0 Å². The van der Waals surface area contributed by atoms with Gasteiger partial charge in [0.1, 0.15) is 5.60 Å². The zero-order valence-corrected chi connectivity index (χ0v) is 21.8. The Labute approximate surface area is 221 Å². The van der Waals surface area contributed by atoms with Crippen molar-refractivity contribution in [3.8, 4) is 0 Å². The number of carbonyl (C=O) groups is 2. The van der Waals surface area contributed by atoms with Crippen LogP contribution in [0.15, 0.2) is 36.4 Å². The molecule has 0 spiro atoms. The second-order valence-electron chi connectivity index (χ2n) is 10.2. The number of ether oxygens (including phenoxy) is 1. The second kappa shape index (κ2) is 10.7. The summed E-state index contributed by atoms with van der Waals surface area (Å²) in [5.41, 5.74) is -3.29. The molecule has 0 bridgehead atoms. The number of hydrogen-bond acceptors (Lipinski definition) is 3. The third-order valence-electron chi connectivity index (χ3n) is 6.05.